The fourth-order valence-electron chi connectivity index (χ4n) is 2.90. The lowest BCUT2D eigenvalue weighted by atomic mass is 9.83. The van der Waals surface area contributed by atoms with Gasteiger partial charge in [0.2, 0.25) is 0 Å². The third kappa shape index (κ3) is 4.84. The number of carbonyl (C=O) groups excluding carboxylic acids is 1. The van der Waals surface area contributed by atoms with E-state index in [0.29, 0.717) is 44.1 Å². The predicted molar refractivity (Wildman–Crippen MR) is 71.2 cm³/mol. The highest BCUT2D eigenvalue weighted by Gasteiger charge is 2.34. The van der Waals surface area contributed by atoms with E-state index in [1.807, 2.05) is 0 Å². The number of ether oxygens (including phenoxy) is 3. The topological polar surface area (TPSA) is 56.8 Å². The van der Waals surface area contributed by atoms with Gasteiger partial charge in [0, 0.05) is 38.1 Å². The van der Waals surface area contributed by atoms with E-state index in [-0.39, 0.29) is 5.92 Å². The molecular weight excluding hydrogens is 246 g/mol. The first-order valence-corrected chi connectivity index (χ1v) is 7.22. The first-order chi connectivity index (χ1) is 9.29. The number of morpholine rings is 1. The van der Waals surface area contributed by atoms with Crippen LogP contribution in [0.25, 0.3) is 0 Å². The van der Waals surface area contributed by atoms with Crippen molar-refractivity contribution in [3.05, 3.63) is 0 Å². The van der Waals surface area contributed by atoms with Gasteiger partial charge in [-0.1, -0.05) is 0 Å². The van der Waals surface area contributed by atoms with Crippen LogP contribution in [-0.2, 0) is 19.0 Å². The van der Waals surface area contributed by atoms with Crippen molar-refractivity contribution < 1.29 is 19.0 Å². The van der Waals surface area contributed by atoms with Crippen LogP contribution in [-0.4, -0.2) is 58.0 Å². The molecule has 110 valence electrons. The molecule has 2 saturated heterocycles. The van der Waals surface area contributed by atoms with E-state index >= 15 is 0 Å². The Balaban J connectivity index is 1.60. The molecule has 2 aliphatic heterocycles. The zero-order valence-electron chi connectivity index (χ0n) is 11.7. The SMILES string of the molecule is COCCOCCCC(=O)C1CC2COCC(C1)N2. The van der Waals surface area contributed by atoms with Crippen LogP contribution in [0.2, 0.25) is 0 Å². The van der Waals surface area contributed by atoms with Crippen LogP contribution in [0.1, 0.15) is 25.7 Å². The minimum Gasteiger partial charge on any atom is -0.382 e. The van der Waals surface area contributed by atoms with Gasteiger partial charge in [-0.15, -0.1) is 0 Å². The third-order valence-electron chi connectivity index (χ3n) is 3.85. The Morgan fingerprint density at radius 3 is 2.63 bits per heavy atom. The van der Waals surface area contributed by atoms with Gasteiger partial charge in [-0.3, -0.25) is 4.79 Å². The summed E-state index contributed by atoms with van der Waals surface area (Å²) in [6, 6.07) is 0.749. The molecule has 0 aromatic carbocycles. The van der Waals surface area contributed by atoms with Gasteiger partial charge in [0.25, 0.3) is 0 Å². The molecular formula is C14H25NO4. The van der Waals surface area contributed by atoms with Crippen molar-refractivity contribution in [2.24, 2.45) is 5.92 Å². The molecule has 1 N–H and O–H groups in total. The number of ketones is 1. The van der Waals surface area contributed by atoms with Crippen LogP contribution in [0, 0.1) is 5.92 Å². The molecule has 2 aliphatic rings. The van der Waals surface area contributed by atoms with Crippen LogP contribution in [0.15, 0.2) is 0 Å². The van der Waals surface area contributed by atoms with Crippen molar-refractivity contribution in [1.82, 2.24) is 5.32 Å². The number of hydrogen-bond acceptors (Lipinski definition) is 5. The number of hydrogen-bond donors (Lipinski definition) is 1. The van der Waals surface area contributed by atoms with Crippen molar-refractivity contribution in [2.45, 2.75) is 37.8 Å². The lowest BCUT2D eigenvalue weighted by Crippen LogP contribution is -2.55. The maximum atomic E-state index is 12.2. The van der Waals surface area contributed by atoms with Crippen molar-refractivity contribution >= 4 is 5.78 Å². The maximum Gasteiger partial charge on any atom is 0.136 e. The van der Waals surface area contributed by atoms with E-state index in [4.69, 9.17) is 14.2 Å². The van der Waals surface area contributed by atoms with Crippen molar-refractivity contribution in [3.63, 3.8) is 0 Å². The monoisotopic (exact) mass is 271 g/mol. The summed E-state index contributed by atoms with van der Waals surface area (Å²) in [5.74, 6) is 0.618. The summed E-state index contributed by atoms with van der Waals surface area (Å²) in [6.45, 7) is 3.38. The molecule has 2 fully saturated rings. The molecule has 5 heteroatoms. The molecule has 0 aromatic rings. The fraction of sp³-hybridized carbons (Fsp3) is 0.929. The van der Waals surface area contributed by atoms with Gasteiger partial charge in [-0.05, 0) is 19.3 Å². The quantitative estimate of drug-likeness (QED) is 0.661. The molecule has 2 rings (SSSR count). The number of Topliss-reactive ketones (excluding diaryl/α,β-unsaturated/α-hetero) is 1. The number of methoxy groups -OCH3 is 1. The third-order valence-corrected chi connectivity index (χ3v) is 3.85. The van der Waals surface area contributed by atoms with Crippen LogP contribution >= 0.6 is 0 Å². The lowest BCUT2D eigenvalue weighted by Gasteiger charge is -2.39. The predicted octanol–water partition coefficient (Wildman–Crippen LogP) is 0.766. The molecule has 0 amide bonds. The van der Waals surface area contributed by atoms with Gasteiger partial charge in [-0.2, -0.15) is 0 Å². The summed E-state index contributed by atoms with van der Waals surface area (Å²) in [6.07, 6.45) is 3.32. The number of carbonyl (C=O) groups is 1. The molecule has 2 heterocycles. The van der Waals surface area contributed by atoms with Gasteiger partial charge >= 0.3 is 0 Å². The molecule has 0 aromatic heterocycles. The van der Waals surface area contributed by atoms with E-state index < -0.39 is 0 Å². The average Bonchev–Trinajstić information content (AvgIpc) is 2.42. The Morgan fingerprint density at radius 2 is 1.95 bits per heavy atom. The minimum absolute atomic E-state index is 0.221. The van der Waals surface area contributed by atoms with E-state index in [1.165, 1.54) is 0 Å². The highest BCUT2D eigenvalue weighted by Crippen LogP contribution is 2.25. The van der Waals surface area contributed by atoms with E-state index in [2.05, 4.69) is 5.32 Å². The van der Waals surface area contributed by atoms with Gasteiger partial charge in [0.15, 0.2) is 0 Å². The second kappa shape index (κ2) is 7.94. The summed E-state index contributed by atoms with van der Waals surface area (Å²) in [5.41, 5.74) is 0. The van der Waals surface area contributed by atoms with Gasteiger partial charge in [-0.25, -0.2) is 0 Å². The van der Waals surface area contributed by atoms with Crippen molar-refractivity contribution in [3.8, 4) is 0 Å². The molecule has 0 radical (unpaired) electrons. The summed E-state index contributed by atoms with van der Waals surface area (Å²) >= 11 is 0. The van der Waals surface area contributed by atoms with Crippen LogP contribution < -0.4 is 5.32 Å². The second-order valence-corrected chi connectivity index (χ2v) is 5.44. The number of piperidine rings is 1. The first kappa shape index (κ1) is 14.9. The molecule has 2 unspecified atom stereocenters. The highest BCUT2D eigenvalue weighted by atomic mass is 16.5. The maximum absolute atomic E-state index is 12.2. The van der Waals surface area contributed by atoms with Gasteiger partial charge in [0.05, 0.1) is 26.4 Å². The van der Waals surface area contributed by atoms with Gasteiger partial charge < -0.3 is 19.5 Å². The first-order valence-electron chi connectivity index (χ1n) is 7.22. The highest BCUT2D eigenvalue weighted by molar-refractivity contribution is 5.81. The smallest absolute Gasteiger partial charge is 0.136 e. The largest absolute Gasteiger partial charge is 0.382 e. The Hall–Kier alpha value is -0.490. The standard InChI is InChI=1S/C14H25NO4/c1-17-5-6-18-4-2-3-14(16)11-7-12-9-19-10-13(8-11)15-12/h11-13,15H,2-10H2,1H3. The Bertz CT molecular complexity index is 273. The molecule has 2 atom stereocenters. The van der Waals surface area contributed by atoms with Crippen LogP contribution in [0.5, 0.6) is 0 Å². The molecule has 5 nitrogen and oxygen atoms in total. The van der Waals surface area contributed by atoms with E-state index in [1.54, 1.807) is 7.11 Å². The Labute approximate surface area is 115 Å². The van der Waals surface area contributed by atoms with Crippen molar-refractivity contribution in [2.75, 3.05) is 40.1 Å². The van der Waals surface area contributed by atoms with Crippen LogP contribution in [0.4, 0.5) is 0 Å². The lowest BCUT2D eigenvalue weighted by molar-refractivity contribution is -0.126. The average molecular weight is 271 g/mol. The fourth-order valence-corrected chi connectivity index (χ4v) is 2.90. The molecule has 0 spiro atoms. The molecule has 0 saturated carbocycles. The van der Waals surface area contributed by atoms with Gasteiger partial charge in [0.1, 0.15) is 5.78 Å². The summed E-state index contributed by atoms with van der Waals surface area (Å²) in [5, 5.41) is 3.51. The minimum atomic E-state index is 0.221. The van der Waals surface area contributed by atoms with E-state index in [9.17, 15) is 4.79 Å². The summed E-state index contributed by atoms with van der Waals surface area (Å²) < 4.78 is 15.8. The zero-order valence-corrected chi connectivity index (χ0v) is 11.7. The Kier molecular flexibility index (Phi) is 6.23. The van der Waals surface area contributed by atoms with Crippen LogP contribution in [0.3, 0.4) is 0 Å². The second-order valence-electron chi connectivity index (χ2n) is 5.44. The van der Waals surface area contributed by atoms with Crippen molar-refractivity contribution in [1.29, 1.82) is 0 Å². The Morgan fingerprint density at radius 1 is 1.21 bits per heavy atom. The number of nitrogens with one attached hydrogen (secondary N) is 1. The zero-order chi connectivity index (χ0) is 13.5. The summed E-state index contributed by atoms with van der Waals surface area (Å²) in [7, 11) is 1.66. The summed E-state index contributed by atoms with van der Waals surface area (Å²) in [4.78, 5) is 12.2. The number of fused-ring (bicyclic) bond motifs is 2. The molecule has 0 aliphatic carbocycles. The van der Waals surface area contributed by atoms with E-state index in [0.717, 1.165) is 32.5 Å². The molecule has 19 heavy (non-hydrogen) atoms. The molecule has 2 bridgehead atoms. The normalized spacial score (nSPS) is 30.3. The number of rotatable bonds is 8.